The molecule has 0 fully saturated rings. The van der Waals surface area contributed by atoms with E-state index in [9.17, 15) is 13.5 Å². The van der Waals surface area contributed by atoms with Crippen molar-refractivity contribution in [3.63, 3.8) is 0 Å². The van der Waals surface area contributed by atoms with Crippen LogP contribution in [0.1, 0.15) is 30.5 Å². The van der Waals surface area contributed by atoms with Crippen molar-refractivity contribution in [2.75, 3.05) is 12.9 Å². The summed E-state index contributed by atoms with van der Waals surface area (Å²) >= 11 is 0. The van der Waals surface area contributed by atoms with Crippen LogP contribution in [-0.4, -0.2) is 26.4 Å². The summed E-state index contributed by atoms with van der Waals surface area (Å²) in [6.07, 6.45) is 1.20. The van der Waals surface area contributed by atoms with Gasteiger partial charge in [0.25, 0.3) is 0 Å². The molecular weight excluding hydrogens is 236 g/mol. The van der Waals surface area contributed by atoms with Crippen molar-refractivity contribution in [1.82, 2.24) is 0 Å². The number of hydrogen-bond donors (Lipinski definition) is 1. The highest BCUT2D eigenvalue weighted by atomic mass is 32.2. The molecule has 0 atom stereocenters. The molecule has 0 aliphatic rings. The van der Waals surface area contributed by atoms with E-state index >= 15 is 0 Å². The third kappa shape index (κ3) is 2.87. The monoisotopic (exact) mass is 256 g/mol. The van der Waals surface area contributed by atoms with Crippen molar-refractivity contribution in [1.29, 1.82) is 0 Å². The van der Waals surface area contributed by atoms with E-state index in [0.717, 1.165) is 16.7 Å². The molecule has 0 bridgehead atoms. The van der Waals surface area contributed by atoms with Crippen LogP contribution in [0.25, 0.3) is 0 Å². The van der Waals surface area contributed by atoms with Gasteiger partial charge in [0.1, 0.15) is 0 Å². The van der Waals surface area contributed by atoms with Crippen LogP contribution in [0, 0.1) is 13.8 Å². The van der Waals surface area contributed by atoms with Gasteiger partial charge in [-0.25, -0.2) is 8.42 Å². The number of hydrogen-bond acceptors (Lipinski definition) is 3. The fourth-order valence-electron chi connectivity index (χ4n) is 1.83. The maximum Gasteiger partial charge on any atom is 0.175 e. The highest BCUT2D eigenvalue weighted by Gasteiger charge is 2.24. The molecule has 0 radical (unpaired) electrons. The highest BCUT2D eigenvalue weighted by Crippen LogP contribution is 2.30. The third-order valence-corrected chi connectivity index (χ3v) is 4.29. The number of rotatable bonds is 3. The second-order valence-electron chi connectivity index (χ2n) is 5.23. The lowest BCUT2D eigenvalue weighted by Gasteiger charge is -2.26. The smallest absolute Gasteiger partial charge is 0.175 e. The fraction of sp³-hybridized carbons (Fsp3) is 0.538. The minimum atomic E-state index is -3.21. The normalized spacial score (nSPS) is 12.8. The molecule has 17 heavy (non-hydrogen) atoms. The summed E-state index contributed by atoms with van der Waals surface area (Å²) in [6.45, 7) is 7.64. The molecule has 1 rings (SSSR count). The fourth-order valence-corrected chi connectivity index (χ4v) is 2.55. The van der Waals surface area contributed by atoms with Crippen LogP contribution < -0.4 is 0 Å². The van der Waals surface area contributed by atoms with Gasteiger partial charge in [-0.2, -0.15) is 0 Å². The third-order valence-electron chi connectivity index (χ3n) is 3.19. The molecule has 0 aliphatic heterocycles. The van der Waals surface area contributed by atoms with Gasteiger partial charge in [0.15, 0.2) is 9.84 Å². The van der Waals surface area contributed by atoms with E-state index in [1.54, 1.807) is 12.1 Å². The van der Waals surface area contributed by atoms with Gasteiger partial charge < -0.3 is 5.11 Å². The molecule has 0 heterocycles. The zero-order valence-electron chi connectivity index (χ0n) is 11.0. The SMILES string of the molecule is Cc1cc(S(C)(=O)=O)cc(C(C)(C)CO)c1C. The largest absolute Gasteiger partial charge is 0.395 e. The number of aliphatic hydroxyl groups is 1. The molecule has 0 aromatic heterocycles. The van der Waals surface area contributed by atoms with Crippen LogP contribution in [0.3, 0.4) is 0 Å². The lowest BCUT2D eigenvalue weighted by molar-refractivity contribution is 0.217. The van der Waals surface area contributed by atoms with Gasteiger partial charge in [0.2, 0.25) is 0 Å². The van der Waals surface area contributed by atoms with Crippen molar-refractivity contribution in [3.8, 4) is 0 Å². The quantitative estimate of drug-likeness (QED) is 0.899. The molecule has 0 unspecified atom stereocenters. The van der Waals surface area contributed by atoms with E-state index in [1.165, 1.54) is 6.26 Å². The number of sulfone groups is 1. The first-order chi connectivity index (χ1) is 7.59. The van der Waals surface area contributed by atoms with Crippen LogP contribution in [0.2, 0.25) is 0 Å². The standard InChI is InChI=1S/C13H20O3S/c1-9-6-11(17(5,15)16)7-12(10(9)2)13(3,4)8-14/h6-7,14H,8H2,1-5H3. The summed E-state index contributed by atoms with van der Waals surface area (Å²) < 4.78 is 23.2. The molecule has 1 aromatic carbocycles. The van der Waals surface area contributed by atoms with Crippen molar-refractivity contribution in [2.24, 2.45) is 0 Å². The van der Waals surface area contributed by atoms with Crippen molar-refractivity contribution in [2.45, 2.75) is 38.0 Å². The van der Waals surface area contributed by atoms with Gasteiger partial charge in [0, 0.05) is 11.7 Å². The van der Waals surface area contributed by atoms with Crippen molar-refractivity contribution >= 4 is 9.84 Å². The Morgan fingerprint density at radius 3 is 2.18 bits per heavy atom. The predicted molar refractivity (Wildman–Crippen MR) is 69.1 cm³/mol. The topological polar surface area (TPSA) is 54.4 Å². The van der Waals surface area contributed by atoms with Crippen LogP contribution in [0.5, 0.6) is 0 Å². The summed E-state index contributed by atoms with van der Waals surface area (Å²) in [5.74, 6) is 0. The first-order valence-electron chi connectivity index (χ1n) is 5.52. The molecular formula is C13H20O3S. The molecule has 0 aliphatic carbocycles. The molecule has 4 heteroatoms. The van der Waals surface area contributed by atoms with Gasteiger partial charge in [-0.3, -0.25) is 0 Å². The summed E-state index contributed by atoms with van der Waals surface area (Å²) in [4.78, 5) is 0.317. The molecule has 0 spiro atoms. The van der Waals surface area contributed by atoms with Crippen LogP contribution in [0.15, 0.2) is 17.0 Å². The summed E-state index contributed by atoms with van der Waals surface area (Å²) in [5, 5.41) is 9.41. The molecule has 0 saturated heterocycles. The highest BCUT2D eigenvalue weighted by molar-refractivity contribution is 7.90. The van der Waals surface area contributed by atoms with Gasteiger partial charge in [-0.05, 0) is 42.7 Å². The van der Waals surface area contributed by atoms with Crippen molar-refractivity contribution in [3.05, 3.63) is 28.8 Å². The minimum absolute atomic E-state index is 0.0134. The summed E-state index contributed by atoms with van der Waals surface area (Å²) in [5.41, 5.74) is 2.43. The Bertz CT molecular complexity index is 528. The molecule has 3 nitrogen and oxygen atoms in total. The summed E-state index contributed by atoms with van der Waals surface area (Å²) in [7, 11) is -3.21. The molecule has 0 saturated carbocycles. The summed E-state index contributed by atoms with van der Waals surface area (Å²) in [6, 6.07) is 3.36. The van der Waals surface area contributed by atoms with Crippen LogP contribution >= 0.6 is 0 Å². The van der Waals surface area contributed by atoms with Crippen LogP contribution in [-0.2, 0) is 15.3 Å². The lowest BCUT2D eigenvalue weighted by Crippen LogP contribution is -2.24. The Balaban J connectivity index is 3.57. The predicted octanol–water partition coefficient (Wildman–Crippen LogP) is 1.98. The Morgan fingerprint density at radius 2 is 1.76 bits per heavy atom. The van der Waals surface area contributed by atoms with E-state index < -0.39 is 15.3 Å². The average Bonchev–Trinajstić information content (AvgIpc) is 2.20. The Hall–Kier alpha value is -0.870. The second kappa shape index (κ2) is 4.42. The van der Waals surface area contributed by atoms with E-state index in [4.69, 9.17) is 0 Å². The van der Waals surface area contributed by atoms with Gasteiger partial charge in [0.05, 0.1) is 11.5 Å². The average molecular weight is 256 g/mol. The van der Waals surface area contributed by atoms with E-state index in [0.29, 0.717) is 4.90 Å². The first kappa shape index (κ1) is 14.2. The van der Waals surface area contributed by atoms with E-state index in [2.05, 4.69) is 0 Å². The molecule has 96 valence electrons. The zero-order chi connectivity index (χ0) is 13.4. The van der Waals surface area contributed by atoms with Crippen molar-refractivity contribution < 1.29 is 13.5 Å². The van der Waals surface area contributed by atoms with E-state index in [-0.39, 0.29) is 6.61 Å². The minimum Gasteiger partial charge on any atom is -0.395 e. The Kier molecular flexibility index (Phi) is 3.69. The van der Waals surface area contributed by atoms with Gasteiger partial charge >= 0.3 is 0 Å². The van der Waals surface area contributed by atoms with E-state index in [1.807, 2.05) is 27.7 Å². The molecule has 1 N–H and O–H groups in total. The van der Waals surface area contributed by atoms with Gasteiger partial charge in [-0.15, -0.1) is 0 Å². The first-order valence-corrected chi connectivity index (χ1v) is 7.41. The number of aryl methyl sites for hydroxylation is 1. The Morgan fingerprint density at radius 1 is 1.24 bits per heavy atom. The maximum atomic E-state index is 11.6. The molecule has 0 amide bonds. The number of aliphatic hydroxyl groups excluding tert-OH is 1. The second-order valence-corrected chi connectivity index (χ2v) is 7.24. The lowest BCUT2D eigenvalue weighted by atomic mass is 9.81. The zero-order valence-corrected chi connectivity index (χ0v) is 11.9. The Labute approximate surface area is 103 Å². The molecule has 1 aromatic rings. The van der Waals surface area contributed by atoms with Crippen LogP contribution in [0.4, 0.5) is 0 Å². The van der Waals surface area contributed by atoms with Gasteiger partial charge in [-0.1, -0.05) is 13.8 Å². The number of benzene rings is 1. The maximum absolute atomic E-state index is 11.6.